The molecule has 2 fully saturated rings. The van der Waals surface area contributed by atoms with Gasteiger partial charge in [0.25, 0.3) is 0 Å². The SMILES string of the molecule is C[C@@H]1COCCN1C[C@H]1CN(C(=O)OC(C)(C)C)[C@H](C)CN1CC(=O)OCc1ccccc1. The molecule has 0 aromatic heterocycles. The number of hydrogen-bond acceptors (Lipinski definition) is 7. The fourth-order valence-corrected chi connectivity index (χ4v) is 4.30. The monoisotopic (exact) mass is 461 g/mol. The van der Waals surface area contributed by atoms with Crippen LogP contribution >= 0.6 is 0 Å². The maximum Gasteiger partial charge on any atom is 0.410 e. The fourth-order valence-electron chi connectivity index (χ4n) is 4.30. The molecule has 2 saturated heterocycles. The lowest BCUT2D eigenvalue weighted by molar-refractivity contribution is -0.148. The number of piperazine rings is 1. The van der Waals surface area contributed by atoms with Gasteiger partial charge in [-0.3, -0.25) is 14.6 Å². The third-order valence-corrected chi connectivity index (χ3v) is 6.11. The minimum atomic E-state index is -0.552. The van der Waals surface area contributed by atoms with Gasteiger partial charge in [0.05, 0.1) is 19.8 Å². The Morgan fingerprint density at radius 2 is 1.79 bits per heavy atom. The van der Waals surface area contributed by atoms with E-state index in [1.165, 1.54) is 0 Å². The molecule has 1 aromatic carbocycles. The lowest BCUT2D eigenvalue weighted by Gasteiger charge is -2.47. The summed E-state index contributed by atoms with van der Waals surface area (Å²) in [5, 5.41) is 0. The standard InChI is InChI=1S/C25H39N3O5/c1-19-13-27(16-23(29)32-18-21-9-7-6-8-10-21)22(14-26-11-12-31-17-20(26)2)15-28(19)24(30)33-25(3,4)5/h6-10,19-20,22H,11-18H2,1-5H3/t19-,20-,22+/m1/s1. The van der Waals surface area contributed by atoms with E-state index < -0.39 is 5.60 Å². The average Bonchev–Trinajstić information content (AvgIpc) is 2.75. The van der Waals surface area contributed by atoms with Crippen molar-refractivity contribution >= 4 is 12.1 Å². The predicted molar refractivity (Wildman–Crippen MR) is 126 cm³/mol. The maximum absolute atomic E-state index is 12.9. The highest BCUT2D eigenvalue weighted by molar-refractivity contribution is 5.72. The molecule has 184 valence electrons. The zero-order valence-electron chi connectivity index (χ0n) is 20.7. The third kappa shape index (κ3) is 7.69. The summed E-state index contributed by atoms with van der Waals surface area (Å²) < 4.78 is 16.8. The number of benzene rings is 1. The summed E-state index contributed by atoms with van der Waals surface area (Å²) in [7, 11) is 0. The van der Waals surface area contributed by atoms with Crippen molar-refractivity contribution in [3.63, 3.8) is 0 Å². The predicted octanol–water partition coefficient (Wildman–Crippen LogP) is 2.76. The van der Waals surface area contributed by atoms with Crippen molar-refractivity contribution < 1.29 is 23.8 Å². The molecule has 2 heterocycles. The van der Waals surface area contributed by atoms with E-state index >= 15 is 0 Å². The van der Waals surface area contributed by atoms with Crippen molar-refractivity contribution in [1.29, 1.82) is 0 Å². The number of esters is 1. The Hall–Kier alpha value is -2.16. The topological polar surface area (TPSA) is 71.6 Å². The molecule has 0 spiro atoms. The molecule has 2 aliphatic heterocycles. The summed E-state index contributed by atoms with van der Waals surface area (Å²) in [6, 6.07) is 9.91. The minimum Gasteiger partial charge on any atom is -0.460 e. The van der Waals surface area contributed by atoms with Crippen LogP contribution in [-0.2, 0) is 25.6 Å². The number of nitrogens with zero attached hydrogens (tertiary/aromatic N) is 3. The van der Waals surface area contributed by atoms with Crippen molar-refractivity contribution in [3.05, 3.63) is 35.9 Å². The second-order valence-electron chi connectivity index (χ2n) is 10.1. The number of ether oxygens (including phenoxy) is 3. The zero-order chi connectivity index (χ0) is 24.0. The first-order valence-corrected chi connectivity index (χ1v) is 11.9. The molecule has 0 unspecified atom stereocenters. The molecule has 8 heteroatoms. The second kappa shape index (κ2) is 11.3. The van der Waals surface area contributed by atoms with E-state index in [0.717, 1.165) is 18.7 Å². The average molecular weight is 462 g/mol. The van der Waals surface area contributed by atoms with E-state index in [2.05, 4.69) is 16.7 Å². The smallest absolute Gasteiger partial charge is 0.410 e. The molecule has 0 N–H and O–H groups in total. The van der Waals surface area contributed by atoms with Gasteiger partial charge < -0.3 is 19.1 Å². The van der Waals surface area contributed by atoms with Crippen LogP contribution in [0.4, 0.5) is 4.79 Å². The van der Waals surface area contributed by atoms with Crippen molar-refractivity contribution in [2.75, 3.05) is 45.9 Å². The highest BCUT2D eigenvalue weighted by Gasteiger charge is 2.38. The van der Waals surface area contributed by atoms with Crippen LogP contribution in [0.1, 0.15) is 40.2 Å². The molecule has 3 rings (SSSR count). The molecule has 0 saturated carbocycles. The van der Waals surface area contributed by atoms with E-state index in [-0.39, 0.29) is 37.3 Å². The van der Waals surface area contributed by atoms with E-state index in [1.807, 2.05) is 58.0 Å². The molecule has 1 amide bonds. The van der Waals surface area contributed by atoms with Gasteiger partial charge in [-0.25, -0.2) is 4.79 Å². The van der Waals surface area contributed by atoms with Crippen molar-refractivity contribution in [1.82, 2.24) is 14.7 Å². The van der Waals surface area contributed by atoms with Crippen molar-refractivity contribution in [3.8, 4) is 0 Å². The van der Waals surface area contributed by atoms with Gasteiger partial charge >= 0.3 is 12.1 Å². The van der Waals surface area contributed by atoms with Gasteiger partial charge in [-0.2, -0.15) is 0 Å². The van der Waals surface area contributed by atoms with Gasteiger partial charge in [0.1, 0.15) is 12.2 Å². The Labute approximate surface area is 197 Å². The van der Waals surface area contributed by atoms with Gasteiger partial charge in [0.2, 0.25) is 0 Å². The molecule has 3 atom stereocenters. The fraction of sp³-hybridized carbons (Fsp3) is 0.680. The Bertz CT molecular complexity index is 782. The summed E-state index contributed by atoms with van der Waals surface area (Å²) in [5.41, 5.74) is 0.413. The van der Waals surface area contributed by atoms with E-state index in [4.69, 9.17) is 14.2 Å². The highest BCUT2D eigenvalue weighted by atomic mass is 16.6. The van der Waals surface area contributed by atoms with Crippen LogP contribution in [0.25, 0.3) is 0 Å². The van der Waals surface area contributed by atoms with E-state index in [1.54, 1.807) is 4.90 Å². The van der Waals surface area contributed by atoms with Gasteiger partial charge in [-0.1, -0.05) is 30.3 Å². The number of carbonyl (C=O) groups is 2. The summed E-state index contributed by atoms with van der Waals surface area (Å²) in [6.07, 6.45) is -0.304. The van der Waals surface area contributed by atoms with E-state index in [9.17, 15) is 9.59 Å². The minimum absolute atomic E-state index is 0.00135. The number of hydrogen-bond donors (Lipinski definition) is 0. The van der Waals surface area contributed by atoms with Crippen molar-refractivity contribution in [2.45, 2.75) is 65.0 Å². The number of carbonyl (C=O) groups excluding carboxylic acids is 2. The van der Waals surface area contributed by atoms with Crippen LogP contribution in [0, 0.1) is 0 Å². The molecule has 2 aliphatic rings. The lowest BCUT2D eigenvalue weighted by atomic mass is 10.1. The normalized spacial score (nSPS) is 25.0. The lowest BCUT2D eigenvalue weighted by Crippen LogP contribution is -2.63. The van der Waals surface area contributed by atoms with Crippen LogP contribution in [-0.4, -0.2) is 96.4 Å². The van der Waals surface area contributed by atoms with Crippen molar-refractivity contribution in [2.24, 2.45) is 0 Å². The molecular weight excluding hydrogens is 422 g/mol. The van der Waals surface area contributed by atoms with Crippen LogP contribution in [0.3, 0.4) is 0 Å². The molecular formula is C25H39N3O5. The zero-order valence-corrected chi connectivity index (χ0v) is 20.7. The maximum atomic E-state index is 12.9. The first-order chi connectivity index (χ1) is 15.6. The first kappa shape index (κ1) is 25.5. The Balaban J connectivity index is 1.67. The van der Waals surface area contributed by atoms with Gasteiger partial charge in [0, 0.05) is 44.3 Å². The Morgan fingerprint density at radius 3 is 2.45 bits per heavy atom. The van der Waals surface area contributed by atoms with Crippen LogP contribution in [0.5, 0.6) is 0 Å². The number of rotatable bonds is 6. The quantitative estimate of drug-likeness (QED) is 0.603. The van der Waals surface area contributed by atoms with Crippen LogP contribution < -0.4 is 0 Å². The summed E-state index contributed by atoms with van der Waals surface area (Å²) >= 11 is 0. The summed E-state index contributed by atoms with van der Waals surface area (Å²) in [6.45, 7) is 14.3. The highest BCUT2D eigenvalue weighted by Crippen LogP contribution is 2.21. The Morgan fingerprint density at radius 1 is 1.06 bits per heavy atom. The summed E-state index contributed by atoms with van der Waals surface area (Å²) in [5.74, 6) is -0.253. The van der Waals surface area contributed by atoms with E-state index in [0.29, 0.717) is 32.3 Å². The van der Waals surface area contributed by atoms with Crippen LogP contribution in [0.2, 0.25) is 0 Å². The molecule has 33 heavy (non-hydrogen) atoms. The van der Waals surface area contributed by atoms with Gasteiger partial charge in [-0.05, 0) is 40.2 Å². The number of morpholine rings is 1. The van der Waals surface area contributed by atoms with Gasteiger partial charge in [-0.15, -0.1) is 0 Å². The molecule has 8 nitrogen and oxygen atoms in total. The molecule has 0 aliphatic carbocycles. The second-order valence-corrected chi connectivity index (χ2v) is 10.1. The first-order valence-electron chi connectivity index (χ1n) is 11.9. The largest absolute Gasteiger partial charge is 0.460 e. The molecule has 1 aromatic rings. The third-order valence-electron chi connectivity index (χ3n) is 6.11. The number of amides is 1. The summed E-state index contributed by atoms with van der Waals surface area (Å²) in [4.78, 5) is 31.9. The molecule has 0 bridgehead atoms. The Kier molecular flexibility index (Phi) is 8.73. The van der Waals surface area contributed by atoms with Crippen LogP contribution in [0.15, 0.2) is 30.3 Å². The molecule has 0 radical (unpaired) electrons. The van der Waals surface area contributed by atoms with Gasteiger partial charge in [0.15, 0.2) is 0 Å².